The molecule has 0 bridgehead atoms. The van der Waals surface area contributed by atoms with Crippen molar-refractivity contribution in [1.82, 2.24) is 4.98 Å². The lowest BCUT2D eigenvalue weighted by molar-refractivity contribution is 0.0695. The number of rotatable bonds is 6. The number of carbonyl (C=O) groups is 2. The third-order valence-corrected chi connectivity index (χ3v) is 4.90. The first-order valence-electron chi connectivity index (χ1n) is 7.48. The van der Waals surface area contributed by atoms with E-state index in [1.165, 1.54) is 11.8 Å². The fourth-order valence-electron chi connectivity index (χ4n) is 2.37. The number of hydrogen-bond donors (Lipinski definition) is 4. The van der Waals surface area contributed by atoms with Crippen molar-refractivity contribution < 1.29 is 19.8 Å². The number of aromatic nitrogens is 1. The van der Waals surface area contributed by atoms with Crippen LogP contribution in [0.4, 0.5) is 5.82 Å². The molecule has 0 unspecified atom stereocenters. The number of aromatic amines is 1. The van der Waals surface area contributed by atoms with Crippen LogP contribution in [-0.4, -0.2) is 32.9 Å². The quantitative estimate of drug-likeness (QED) is 0.581. The minimum atomic E-state index is -1.51. The third-order valence-electron chi connectivity index (χ3n) is 3.40. The van der Waals surface area contributed by atoms with E-state index in [1.54, 1.807) is 24.3 Å². The Bertz CT molecular complexity index is 889. The Morgan fingerprint density at radius 3 is 2.32 bits per heavy atom. The van der Waals surface area contributed by atoms with Gasteiger partial charge in [-0.05, 0) is 17.5 Å². The Labute approximate surface area is 147 Å². The van der Waals surface area contributed by atoms with Gasteiger partial charge in [0.15, 0.2) is 0 Å². The highest BCUT2D eigenvalue weighted by Crippen LogP contribution is 2.36. The van der Waals surface area contributed by atoms with Crippen LogP contribution >= 0.6 is 11.8 Å². The van der Waals surface area contributed by atoms with Crippen LogP contribution in [-0.2, 0) is 0 Å². The van der Waals surface area contributed by atoms with Gasteiger partial charge >= 0.3 is 11.9 Å². The number of nitrogen functional groups attached to an aromatic ring is 1. The molecule has 2 rings (SSSR count). The van der Waals surface area contributed by atoms with Crippen LogP contribution in [0.2, 0.25) is 0 Å². The molecule has 0 aliphatic heterocycles. The van der Waals surface area contributed by atoms with Crippen molar-refractivity contribution in [1.29, 1.82) is 0 Å². The van der Waals surface area contributed by atoms with Crippen molar-refractivity contribution >= 4 is 29.5 Å². The van der Waals surface area contributed by atoms with E-state index in [4.69, 9.17) is 5.73 Å². The monoisotopic (exact) mass is 362 g/mol. The maximum Gasteiger partial charge on any atom is 0.342 e. The Morgan fingerprint density at radius 1 is 1.16 bits per heavy atom. The average Bonchev–Trinajstić information content (AvgIpc) is 2.51. The van der Waals surface area contributed by atoms with Gasteiger partial charge in [-0.25, -0.2) is 9.59 Å². The number of nitrogens with two attached hydrogens (primary N) is 1. The van der Waals surface area contributed by atoms with Crippen LogP contribution < -0.4 is 11.3 Å². The maximum atomic E-state index is 12.1. The second kappa shape index (κ2) is 7.43. The first-order chi connectivity index (χ1) is 11.7. The van der Waals surface area contributed by atoms with Gasteiger partial charge in [-0.15, -0.1) is 11.8 Å². The fraction of sp³-hybridized carbons (Fsp3) is 0.235. The fourth-order valence-corrected chi connectivity index (χ4v) is 3.38. The number of hydrogen-bond acceptors (Lipinski definition) is 5. The van der Waals surface area contributed by atoms with Gasteiger partial charge in [-0.2, -0.15) is 0 Å². The zero-order valence-corrected chi connectivity index (χ0v) is 14.5. The summed E-state index contributed by atoms with van der Waals surface area (Å²) in [7, 11) is 0. The molecule has 0 radical (unpaired) electrons. The van der Waals surface area contributed by atoms with Crippen LogP contribution in [0.15, 0.2) is 34.0 Å². The number of pyridine rings is 1. The van der Waals surface area contributed by atoms with Crippen LogP contribution in [0.5, 0.6) is 0 Å². The van der Waals surface area contributed by atoms with E-state index in [-0.39, 0.29) is 11.4 Å². The molecule has 7 nitrogen and oxygen atoms in total. The summed E-state index contributed by atoms with van der Waals surface area (Å²) in [6.45, 7) is 4.07. The number of carboxylic acid groups (broad SMARTS) is 2. The van der Waals surface area contributed by atoms with E-state index in [1.807, 2.05) is 13.8 Å². The lowest BCUT2D eigenvalue weighted by Gasteiger charge is -2.15. The van der Waals surface area contributed by atoms with Crippen molar-refractivity contribution in [3.8, 4) is 11.1 Å². The van der Waals surface area contributed by atoms with E-state index in [2.05, 4.69) is 4.98 Å². The molecule has 132 valence electrons. The summed E-state index contributed by atoms with van der Waals surface area (Å²) in [6.07, 6.45) is 0. The van der Waals surface area contributed by atoms with Crippen molar-refractivity contribution in [2.45, 2.75) is 18.7 Å². The smallest absolute Gasteiger partial charge is 0.342 e. The van der Waals surface area contributed by atoms with Crippen LogP contribution in [0.1, 0.15) is 34.6 Å². The summed E-state index contributed by atoms with van der Waals surface area (Å²) in [4.78, 5) is 38.2. The minimum absolute atomic E-state index is 0.173. The van der Waals surface area contributed by atoms with Gasteiger partial charge in [0.1, 0.15) is 16.9 Å². The molecule has 0 amide bonds. The molecule has 0 spiro atoms. The lowest BCUT2D eigenvalue weighted by Crippen LogP contribution is -2.24. The Hall–Kier alpha value is -2.74. The zero-order chi connectivity index (χ0) is 18.7. The normalized spacial score (nSPS) is 10.8. The highest BCUT2D eigenvalue weighted by Gasteiger charge is 2.27. The van der Waals surface area contributed by atoms with Gasteiger partial charge in [-0.3, -0.25) is 4.79 Å². The molecule has 8 heteroatoms. The number of benzene rings is 1. The summed E-state index contributed by atoms with van der Waals surface area (Å²) in [6, 6.07) is 6.78. The minimum Gasteiger partial charge on any atom is -0.478 e. The van der Waals surface area contributed by atoms with Gasteiger partial charge in [-0.1, -0.05) is 32.0 Å². The molecular formula is C17H18N2O5S. The molecule has 0 saturated carbocycles. The molecule has 1 aromatic heterocycles. The lowest BCUT2D eigenvalue weighted by atomic mass is 9.95. The number of anilines is 1. The molecule has 0 fully saturated rings. The van der Waals surface area contributed by atoms with E-state index < -0.39 is 28.6 Å². The number of thioether (sulfide) groups is 1. The molecule has 0 saturated heterocycles. The molecule has 25 heavy (non-hydrogen) atoms. The van der Waals surface area contributed by atoms with Gasteiger partial charge in [0.25, 0.3) is 5.56 Å². The SMILES string of the molecule is CC(C)CSc1ccccc1-c1c(C(=O)O)c(N)[nH]c(=O)c1C(=O)O. The van der Waals surface area contributed by atoms with Gasteiger partial charge in [0.05, 0.1) is 0 Å². The summed E-state index contributed by atoms with van der Waals surface area (Å²) in [5.74, 6) is -2.17. The number of H-pyrrole nitrogens is 1. The second-order valence-corrected chi connectivity index (χ2v) is 6.87. The van der Waals surface area contributed by atoms with Crippen LogP contribution in [0.25, 0.3) is 11.1 Å². The Morgan fingerprint density at radius 2 is 1.76 bits per heavy atom. The van der Waals surface area contributed by atoms with Crippen LogP contribution in [0.3, 0.4) is 0 Å². The Balaban J connectivity index is 2.85. The van der Waals surface area contributed by atoms with Gasteiger partial charge in [0.2, 0.25) is 0 Å². The Kier molecular flexibility index (Phi) is 5.53. The average molecular weight is 362 g/mol. The first-order valence-corrected chi connectivity index (χ1v) is 8.47. The summed E-state index contributed by atoms with van der Waals surface area (Å²) < 4.78 is 0. The van der Waals surface area contributed by atoms with E-state index in [9.17, 15) is 24.6 Å². The molecule has 0 aliphatic carbocycles. The maximum absolute atomic E-state index is 12.1. The topological polar surface area (TPSA) is 133 Å². The highest BCUT2D eigenvalue weighted by atomic mass is 32.2. The number of carboxylic acids is 2. The largest absolute Gasteiger partial charge is 0.478 e. The van der Waals surface area contributed by atoms with E-state index in [0.29, 0.717) is 16.4 Å². The summed E-state index contributed by atoms with van der Waals surface area (Å²) in [5, 5.41) is 19.0. The van der Waals surface area contributed by atoms with Crippen molar-refractivity contribution in [2.24, 2.45) is 5.92 Å². The molecule has 2 aromatic rings. The molecule has 0 aliphatic rings. The second-order valence-electron chi connectivity index (χ2n) is 5.80. The van der Waals surface area contributed by atoms with Gasteiger partial charge < -0.3 is 20.9 Å². The van der Waals surface area contributed by atoms with Crippen molar-refractivity contribution in [3.05, 3.63) is 45.7 Å². The van der Waals surface area contributed by atoms with Crippen LogP contribution in [0, 0.1) is 5.92 Å². The molecular weight excluding hydrogens is 344 g/mol. The zero-order valence-electron chi connectivity index (χ0n) is 13.7. The van der Waals surface area contributed by atoms with Crippen molar-refractivity contribution in [2.75, 3.05) is 11.5 Å². The molecule has 0 atom stereocenters. The van der Waals surface area contributed by atoms with E-state index >= 15 is 0 Å². The third kappa shape index (κ3) is 3.85. The molecule has 1 aromatic carbocycles. The first kappa shape index (κ1) is 18.6. The number of aromatic carboxylic acids is 2. The predicted molar refractivity (Wildman–Crippen MR) is 96.4 cm³/mol. The predicted octanol–water partition coefficient (Wildman–Crippen LogP) is 2.77. The number of nitrogens with one attached hydrogen (secondary N) is 1. The van der Waals surface area contributed by atoms with Crippen molar-refractivity contribution in [3.63, 3.8) is 0 Å². The highest BCUT2D eigenvalue weighted by molar-refractivity contribution is 7.99. The summed E-state index contributed by atoms with van der Waals surface area (Å²) in [5.41, 5.74) is 3.86. The standard InChI is InChI=1S/C17H18N2O5S/c1-8(2)7-25-10-6-4-3-5-9(10)11-12(16(21)22)14(18)19-15(20)13(11)17(23)24/h3-6,8H,7H2,1-2H3,(H,21,22)(H,23,24)(H3,18,19,20). The molecule has 5 N–H and O–H groups in total. The van der Waals surface area contributed by atoms with Gasteiger partial charge in [0, 0.05) is 16.2 Å². The molecule has 1 heterocycles. The summed E-state index contributed by atoms with van der Waals surface area (Å²) >= 11 is 1.46. The van der Waals surface area contributed by atoms with E-state index in [0.717, 1.165) is 5.75 Å².